The summed E-state index contributed by atoms with van der Waals surface area (Å²) in [5.41, 5.74) is 2.72. The van der Waals surface area contributed by atoms with E-state index < -0.39 is 0 Å². The Balaban J connectivity index is 1.73. The van der Waals surface area contributed by atoms with E-state index in [2.05, 4.69) is 10.4 Å². The van der Waals surface area contributed by atoms with Crippen LogP contribution in [-0.2, 0) is 11.3 Å². The molecule has 29 heavy (non-hydrogen) atoms. The van der Waals surface area contributed by atoms with E-state index in [-0.39, 0.29) is 24.0 Å². The summed E-state index contributed by atoms with van der Waals surface area (Å²) in [7, 11) is 2.95. The summed E-state index contributed by atoms with van der Waals surface area (Å²) in [6, 6.07) is 10.9. The van der Waals surface area contributed by atoms with Crippen molar-refractivity contribution in [2.24, 2.45) is 0 Å². The van der Waals surface area contributed by atoms with Crippen LogP contribution in [0.25, 0.3) is 0 Å². The molecule has 2 heterocycles. The van der Waals surface area contributed by atoms with E-state index in [1.165, 1.54) is 14.2 Å². The molecule has 2 N–H and O–H groups in total. The fourth-order valence-electron chi connectivity index (χ4n) is 3.56. The van der Waals surface area contributed by atoms with Crippen LogP contribution < -0.4 is 14.8 Å². The van der Waals surface area contributed by atoms with E-state index in [4.69, 9.17) is 21.1 Å². The van der Waals surface area contributed by atoms with Crippen molar-refractivity contribution in [2.45, 2.75) is 18.9 Å². The molecule has 8 heteroatoms. The van der Waals surface area contributed by atoms with Crippen LogP contribution in [0.2, 0.25) is 5.02 Å². The summed E-state index contributed by atoms with van der Waals surface area (Å²) >= 11 is 5.96. The average molecular weight is 414 g/mol. The lowest BCUT2D eigenvalue weighted by atomic mass is 9.87. The standard InChI is InChI=1S/C21H20ClN3O4/c1-28-17-7-13(8-18(29-2)20(17)27)15-9-19(26)24-21-16(15)10-23-25(21)11-12-3-5-14(22)6-4-12/h3-8,10,15,27H,9,11H2,1-2H3,(H,24,26). The van der Waals surface area contributed by atoms with Gasteiger partial charge in [-0.25, -0.2) is 4.68 Å². The maximum absolute atomic E-state index is 12.5. The number of halogens is 1. The number of amides is 1. The number of nitrogens with zero attached hydrogens (tertiary/aromatic N) is 2. The largest absolute Gasteiger partial charge is 0.502 e. The number of phenols is 1. The lowest BCUT2D eigenvalue weighted by Gasteiger charge is -2.24. The predicted molar refractivity (Wildman–Crippen MR) is 109 cm³/mol. The quantitative estimate of drug-likeness (QED) is 0.664. The van der Waals surface area contributed by atoms with Crippen LogP contribution in [0.5, 0.6) is 17.2 Å². The molecule has 1 unspecified atom stereocenters. The van der Waals surface area contributed by atoms with Crippen molar-refractivity contribution in [3.05, 3.63) is 64.3 Å². The van der Waals surface area contributed by atoms with Gasteiger partial charge in [0.1, 0.15) is 5.82 Å². The number of anilines is 1. The predicted octanol–water partition coefficient (Wildman–Crippen LogP) is 3.78. The van der Waals surface area contributed by atoms with Crippen molar-refractivity contribution in [3.63, 3.8) is 0 Å². The molecule has 0 bridgehead atoms. The zero-order valence-corrected chi connectivity index (χ0v) is 16.7. The van der Waals surface area contributed by atoms with E-state index in [0.717, 1.165) is 16.7 Å². The van der Waals surface area contributed by atoms with Gasteiger partial charge in [0.15, 0.2) is 11.5 Å². The zero-order valence-electron chi connectivity index (χ0n) is 16.0. The molecule has 0 spiro atoms. The zero-order chi connectivity index (χ0) is 20.5. The van der Waals surface area contributed by atoms with Gasteiger partial charge in [-0.05, 0) is 35.4 Å². The number of phenolic OH excluding ortho intramolecular Hbond substituents is 1. The number of carbonyl (C=O) groups is 1. The third-order valence-electron chi connectivity index (χ3n) is 5.04. The number of rotatable bonds is 5. The highest BCUT2D eigenvalue weighted by Crippen LogP contribution is 2.44. The number of aromatic hydroxyl groups is 1. The van der Waals surface area contributed by atoms with Crippen LogP contribution >= 0.6 is 11.6 Å². The Kier molecular flexibility index (Phi) is 5.07. The third kappa shape index (κ3) is 3.61. The van der Waals surface area contributed by atoms with Crippen molar-refractivity contribution in [1.29, 1.82) is 0 Å². The van der Waals surface area contributed by atoms with E-state index in [0.29, 0.717) is 28.9 Å². The molecule has 0 saturated carbocycles. The molecule has 1 aromatic heterocycles. The van der Waals surface area contributed by atoms with E-state index >= 15 is 0 Å². The average Bonchev–Trinajstić information content (AvgIpc) is 3.11. The lowest BCUT2D eigenvalue weighted by molar-refractivity contribution is -0.116. The van der Waals surface area contributed by atoms with Crippen molar-refractivity contribution in [1.82, 2.24) is 9.78 Å². The second-order valence-corrected chi connectivity index (χ2v) is 7.25. The smallest absolute Gasteiger partial charge is 0.226 e. The molecule has 1 atom stereocenters. The molecule has 3 aromatic rings. The maximum atomic E-state index is 12.5. The van der Waals surface area contributed by atoms with E-state index in [1.807, 2.05) is 24.3 Å². The van der Waals surface area contributed by atoms with Crippen molar-refractivity contribution >= 4 is 23.3 Å². The first-order chi connectivity index (χ1) is 14.0. The number of fused-ring (bicyclic) bond motifs is 1. The molecular formula is C21H20ClN3O4. The van der Waals surface area contributed by atoms with Crippen LogP contribution in [0, 0.1) is 0 Å². The third-order valence-corrected chi connectivity index (χ3v) is 5.29. The van der Waals surface area contributed by atoms with Gasteiger partial charge in [-0.2, -0.15) is 5.10 Å². The van der Waals surface area contributed by atoms with Gasteiger partial charge in [-0.3, -0.25) is 4.79 Å². The molecule has 1 aliphatic heterocycles. The Hall–Kier alpha value is -3.19. The maximum Gasteiger partial charge on any atom is 0.226 e. The first-order valence-electron chi connectivity index (χ1n) is 9.05. The summed E-state index contributed by atoms with van der Waals surface area (Å²) in [6.07, 6.45) is 2.03. The second kappa shape index (κ2) is 7.67. The number of aromatic nitrogens is 2. The number of hydrogen-bond donors (Lipinski definition) is 2. The minimum atomic E-state index is -0.235. The van der Waals surface area contributed by atoms with Crippen LogP contribution in [0.4, 0.5) is 5.82 Å². The van der Waals surface area contributed by atoms with Gasteiger partial charge in [0.25, 0.3) is 0 Å². The van der Waals surface area contributed by atoms with Gasteiger partial charge < -0.3 is 19.9 Å². The topological polar surface area (TPSA) is 85.6 Å². The Morgan fingerprint density at radius 3 is 2.48 bits per heavy atom. The van der Waals surface area contributed by atoms with Crippen LogP contribution in [0.3, 0.4) is 0 Å². The SMILES string of the molecule is COc1cc(C2CC(=O)Nc3c2cnn3Cc2ccc(Cl)cc2)cc(OC)c1O. The Morgan fingerprint density at radius 2 is 1.86 bits per heavy atom. The van der Waals surface area contributed by atoms with Crippen molar-refractivity contribution in [2.75, 3.05) is 19.5 Å². The summed E-state index contributed by atoms with van der Waals surface area (Å²) in [5.74, 6) is 0.832. The molecule has 0 fully saturated rings. The monoisotopic (exact) mass is 413 g/mol. The number of methoxy groups -OCH3 is 2. The van der Waals surface area contributed by atoms with Crippen molar-refractivity contribution in [3.8, 4) is 17.2 Å². The van der Waals surface area contributed by atoms with Crippen molar-refractivity contribution < 1.29 is 19.4 Å². The fraction of sp³-hybridized carbons (Fsp3) is 0.238. The number of benzene rings is 2. The molecule has 0 aliphatic carbocycles. The highest BCUT2D eigenvalue weighted by atomic mass is 35.5. The number of hydrogen-bond acceptors (Lipinski definition) is 5. The summed E-state index contributed by atoms with van der Waals surface area (Å²) in [4.78, 5) is 12.5. The molecule has 1 amide bonds. The number of ether oxygens (including phenoxy) is 2. The van der Waals surface area contributed by atoms with E-state index in [1.54, 1.807) is 23.0 Å². The van der Waals surface area contributed by atoms with Crippen LogP contribution in [0.1, 0.15) is 29.0 Å². The summed E-state index contributed by atoms with van der Waals surface area (Å²) in [5, 5.41) is 18.3. The minimum absolute atomic E-state index is 0.0716. The Bertz CT molecular complexity index is 1040. The minimum Gasteiger partial charge on any atom is -0.502 e. The summed E-state index contributed by atoms with van der Waals surface area (Å²) < 4.78 is 12.3. The molecule has 4 rings (SSSR count). The highest BCUT2D eigenvalue weighted by molar-refractivity contribution is 6.30. The van der Waals surface area contributed by atoms with Gasteiger partial charge in [-0.1, -0.05) is 23.7 Å². The summed E-state index contributed by atoms with van der Waals surface area (Å²) in [6.45, 7) is 0.502. The van der Waals surface area contributed by atoms with Crippen LogP contribution in [0.15, 0.2) is 42.6 Å². The number of carbonyl (C=O) groups excluding carboxylic acids is 1. The molecule has 1 aliphatic rings. The molecular weight excluding hydrogens is 394 g/mol. The molecule has 0 radical (unpaired) electrons. The lowest BCUT2D eigenvalue weighted by Crippen LogP contribution is -2.25. The Labute approximate surface area is 172 Å². The molecule has 7 nitrogen and oxygen atoms in total. The number of nitrogens with one attached hydrogen (secondary N) is 1. The van der Waals surface area contributed by atoms with Crippen LogP contribution in [-0.4, -0.2) is 35.0 Å². The van der Waals surface area contributed by atoms with Gasteiger partial charge in [0, 0.05) is 22.9 Å². The van der Waals surface area contributed by atoms with Gasteiger partial charge >= 0.3 is 0 Å². The highest BCUT2D eigenvalue weighted by Gasteiger charge is 2.31. The molecule has 0 saturated heterocycles. The van der Waals surface area contributed by atoms with Gasteiger partial charge in [-0.15, -0.1) is 0 Å². The first kappa shape index (κ1) is 19.1. The molecule has 2 aromatic carbocycles. The molecule has 150 valence electrons. The second-order valence-electron chi connectivity index (χ2n) is 6.81. The van der Waals surface area contributed by atoms with E-state index in [9.17, 15) is 9.90 Å². The normalized spacial score (nSPS) is 15.6. The Morgan fingerprint density at radius 1 is 1.21 bits per heavy atom. The van der Waals surface area contributed by atoms with Gasteiger partial charge in [0.05, 0.1) is 27.0 Å². The fourth-order valence-corrected chi connectivity index (χ4v) is 3.69. The first-order valence-corrected chi connectivity index (χ1v) is 9.42. The van der Waals surface area contributed by atoms with Gasteiger partial charge in [0.2, 0.25) is 11.7 Å².